The molecule has 2 aromatic carbocycles. The molecule has 3 aromatic rings. The van der Waals surface area contributed by atoms with Gasteiger partial charge in [0.25, 0.3) is 11.5 Å². The first-order valence-electron chi connectivity index (χ1n) is 11.2. The molecule has 176 valence electrons. The number of ether oxygens (including phenoxy) is 1. The van der Waals surface area contributed by atoms with E-state index in [1.165, 1.54) is 11.8 Å². The van der Waals surface area contributed by atoms with Crippen LogP contribution < -0.4 is 10.3 Å². The van der Waals surface area contributed by atoms with E-state index in [1.807, 2.05) is 69.3 Å². The number of amides is 1. The molecule has 1 amide bonds. The van der Waals surface area contributed by atoms with Gasteiger partial charge in [0.2, 0.25) is 0 Å². The predicted octanol–water partition coefficient (Wildman–Crippen LogP) is 4.43. The van der Waals surface area contributed by atoms with Crippen LogP contribution in [0.1, 0.15) is 47.3 Å². The quantitative estimate of drug-likeness (QED) is 0.403. The average Bonchev–Trinajstić information content (AvgIpc) is 3.28. The van der Waals surface area contributed by atoms with Crippen molar-refractivity contribution in [3.63, 3.8) is 0 Å². The minimum Gasteiger partial charge on any atom is -0.497 e. The van der Waals surface area contributed by atoms with Crippen LogP contribution >= 0.6 is 11.8 Å². The van der Waals surface area contributed by atoms with Gasteiger partial charge in [-0.15, -0.1) is 0 Å². The smallest absolute Gasteiger partial charge is 0.254 e. The molecule has 0 fully saturated rings. The number of hydrogen-bond acceptors (Lipinski definition) is 6. The van der Waals surface area contributed by atoms with Gasteiger partial charge < -0.3 is 9.72 Å². The van der Waals surface area contributed by atoms with E-state index in [9.17, 15) is 9.59 Å². The van der Waals surface area contributed by atoms with Crippen LogP contribution in [0.4, 0.5) is 0 Å². The highest BCUT2D eigenvalue weighted by atomic mass is 32.2. The summed E-state index contributed by atoms with van der Waals surface area (Å²) in [5.41, 5.74) is 5.21. The van der Waals surface area contributed by atoms with E-state index >= 15 is 0 Å². The Balaban J connectivity index is 1.58. The maximum atomic E-state index is 13.3. The van der Waals surface area contributed by atoms with Crippen molar-refractivity contribution in [2.75, 3.05) is 12.9 Å². The first-order valence-corrected chi connectivity index (χ1v) is 12.2. The van der Waals surface area contributed by atoms with Crippen LogP contribution in [0, 0.1) is 13.8 Å². The number of nitrogens with zero attached hydrogens (tertiary/aromatic N) is 3. The van der Waals surface area contributed by atoms with Crippen LogP contribution in [0.5, 0.6) is 5.75 Å². The molecule has 1 atom stereocenters. The number of aryl methyl sites for hydroxylation is 2. The van der Waals surface area contributed by atoms with Gasteiger partial charge in [0.05, 0.1) is 24.6 Å². The van der Waals surface area contributed by atoms with Crippen molar-refractivity contribution in [2.24, 2.45) is 5.10 Å². The summed E-state index contributed by atoms with van der Waals surface area (Å²) < 4.78 is 5.26. The SMILES string of the molecule is CCc1c(C)nc(SCC(=O)N2N=C(c3ccc(OC)cc3)C[C@@H]2c2ccc(C)cc2)[nH]c1=O. The van der Waals surface area contributed by atoms with Gasteiger partial charge in [0, 0.05) is 17.7 Å². The van der Waals surface area contributed by atoms with Gasteiger partial charge in [0.1, 0.15) is 5.75 Å². The molecule has 0 unspecified atom stereocenters. The number of aromatic nitrogens is 2. The van der Waals surface area contributed by atoms with Gasteiger partial charge in [0.15, 0.2) is 5.16 Å². The number of carbonyl (C=O) groups is 1. The van der Waals surface area contributed by atoms with E-state index in [2.05, 4.69) is 9.97 Å². The molecule has 0 saturated carbocycles. The molecule has 0 saturated heterocycles. The third kappa shape index (κ3) is 5.07. The predicted molar refractivity (Wildman–Crippen MR) is 135 cm³/mol. The number of carbonyl (C=O) groups excluding carboxylic acids is 1. The molecule has 8 heteroatoms. The summed E-state index contributed by atoms with van der Waals surface area (Å²) in [4.78, 5) is 32.8. The number of hydrazone groups is 1. The summed E-state index contributed by atoms with van der Waals surface area (Å²) in [6.07, 6.45) is 1.23. The van der Waals surface area contributed by atoms with Crippen molar-refractivity contribution in [3.8, 4) is 5.75 Å². The van der Waals surface area contributed by atoms with Crippen LogP contribution in [-0.2, 0) is 11.2 Å². The van der Waals surface area contributed by atoms with Crippen molar-refractivity contribution in [2.45, 2.75) is 44.8 Å². The number of methoxy groups -OCH3 is 1. The third-order valence-electron chi connectivity index (χ3n) is 5.94. The molecule has 0 radical (unpaired) electrons. The number of aromatic amines is 1. The van der Waals surface area contributed by atoms with E-state index in [1.54, 1.807) is 12.1 Å². The lowest BCUT2D eigenvalue weighted by Crippen LogP contribution is -2.29. The third-order valence-corrected chi connectivity index (χ3v) is 6.80. The molecule has 34 heavy (non-hydrogen) atoms. The second-order valence-electron chi connectivity index (χ2n) is 8.22. The van der Waals surface area contributed by atoms with E-state index in [0.29, 0.717) is 29.3 Å². The first kappa shape index (κ1) is 23.8. The first-order chi connectivity index (χ1) is 16.4. The summed E-state index contributed by atoms with van der Waals surface area (Å²) in [5, 5.41) is 6.74. The fourth-order valence-electron chi connectivity index (χ4n) is 4.01. The zero-order chi connectivity index (χ0) is 24.2. The van der Waals surface area contributed by atoms with Gasteiger partial charge in [-0.1, -0.05) is 48.5 Å². The van der Waals surface area contributed by atoms with Gasteiger partial charge >= 0.3 is 0 Å². The lowest BCUT2D eigenvalue weighted by molar-refractivity contribution is -0.130. The second kappa shape index (κ2) is 10.3. The molecule has 0 bridgehead atoms. The fraction of sp³-hybridized carbons (Fsp3) is 0.308. The zero-order valence-electron chi connectivity index (χ0n) is 19.8. The van der Waals surface area contributed by atoms with Crippen molar-refractivity contribution in [3.05, 3.63) is 86.8 Å². The standard InChI is InChI=1S/C26H28N4O3S/c1-5-21-17(3)27-26(28-25(21)32)34-15-24(31)30-23(19-8-6-16(2)7-9-19)14-22(29-30)18-10-12-20(33-4)13-11-18/h6-13,23H,5,14-15H2,1-4H3,(H,27,28,32)/t23-/m1/s1. The molecule has 1 aromatic heterocycles. The van der Waals surface area contributed by atoms with Crippen molar-refractivity contribution >= 4 is 23.4 Å². The minimum atomic E-state index is -0.193. The molecule has 0 spiro atoms. The fourth-order valence-corrected chi connectivity index (χ4v) is 4.77. The monoisotopic (exact) mass is 476 g/mol. The van der Waals surface area contributed by atoms with Crippen molar-refractivity contribution < 1.29 is 9.53 Å². The van der Waals surface area contributed by atoms with E-state index in [4.69, 9.17) is 9.84 Å². The molecule has 2 heterocycles. The summed E-state index contributed by atoms with van der Waals surface area (Å²) in [7, 11) is 1.63. The molecular weight excluding hydrogens is 448 g/mol. The maximum Gasteiger partial charge on any atom is 0.254 e. The molecule has 1 aliphatic heterocycles. The zero-order valence-corrected chi connectivity index (χ0v) is 20.6. The summed E-state index contributed by atoms with van der Waals surface area (Å²) in [6, 6.07) is 15.7. The van der Waals surface area contributed by atoms with Gasteiger partial charge in [-0.25, -0.2) is 9.99 Å². The normalized spacial score (nSPS) is 15.4. The minimum absolute atomic E-state index is 0.121. The van der Waals surface area contributed by atoms with Crippen molar-refractivity contribution in [1.29, 1.82) is 0 Å². The Kier molecular flexibility index (Phi) is 7.17. The van der Waals surface area contributed by atoms with Gasteiger partial charge in [-0.2, -0.15) is 5.10 Å². The van der Waals surface area contributed by atoms with Crippen molar-refractivity contribution in [1.82, 2.24) is 15.0 Å². The Morgan fingerprint density at radius 3 is 2.47 bits per heavy atom. The average molecular weight is 477 g/mol. The number of hydrogen-bond donors (Lipinski definition) is 1. The van der Waals surface area contributed by atoms with Crippen LogP contribution in [0.15, 0.2) is 63.6 Å². The van der Waals surface area contributed by atoms with E-state index in [0.717, 1.165) is 28.2 Å². The molecule has 7 nitrogen and oxygen atoms in total. The van der Waals surface area contributed by atoms with Crippen LogP contribution in [0.2, 0.25) is 0 Å². The molecular formula is C26H28N4O3S. The Morgan fingerprint density at radius 2 is 1.85 bits per heavy atom. The number of thioether (sulfide) groups is 1. The second-order valence-corrected chi connectivity index (χ2v) is 9.19. The Hall–Kier alpha value is -3.39. The maximum absolute atomic E-state index is 13.3. The number of H-pyrrole nitrogens is 1. The molecule has 4 rings (SSSR count). The lowest BCUT2D eigenvalue weighted by atomic mass is 9.97. The Morgan fingerprint density at radius 1 is 1.15 bits per heavy atom. The molecule has 1 N–H and O–H groups in total. The number of benzene rings is 2. The van der Waals surface area contributed by atoms with Crippen LogP contribution in [-0.4, -0.2) is 39.5 Å². The van der Waals surface area contributed by atoms with Crippen LogP contribution in [0.25, 0.3) is 0 Å². The van der Waals surface area contributed by atoms with Gasteiger partial charge in [-0.05, 0) is 55.7 Å². The Labute approximate surface area is 203 Å². The lowest BCUT2D eigenvalue weighted by Gasteiger charge is -2.22. The van der Waals surface area contributed by atoms with E-state index in [-0.39, 0.29) is 23.3 Å². The summed E-state index contributed by atoms with van der Waals surface area (Å²) >= 11 is 1.22. The highest BCUT2D eigenvalue weighted by Crippen LogP contribution is 2.34. The van der Waals surface area contributed by atoms with Gasteiger partial charge in [-0.3, -0.25) is 9.59 Å². The van der Waals surface area contributed by atoms with Crippen LogP contribution in [0.3, 0.4) is 0 Å². The number of rotatable bonds is 7. The topological polar surface area (TPSA) is 87.7 Å². The highest BCUT2D eigenvalue weighted by Gasteiger charge is 2.33. The summed E-state index contributed by atoms with van der Waals surface area (Å²) in [5.74, 6) is 0.752. The largest absolute Gasteiger partial charge is 0.497 e. The Bertz CT molecular complexity index is 1270. The molecule has 0 aliphatic carbocycles. The summed E-state index contributed by atoms with van der Waals surface area (Å²) in [6.45, 7) is 5.78. The number of nitrogens with one attached hydrogen (secondary N) is 1. The highest BCUT2D eigenvalue weighted by molar-refractivity contribution is 7.99. The van der Waals surface area contributed by atoms with E-state index < -0.39 is 0 Å². The molecule has 1 aliphatic rings.